The quantitative estimate of drug-likeness (QED) is 0.397. The van der Waals surface area contributed by atoms with Crippen molar-refractivity contribution in [3.8, 4) is 0 Å². The van der Waals surface area contributed by atoms with Gasteiger partial charge in [-0.15, -0.1) is 0 Å². The van der Waals surface area contributed by atoms with Crippen molar-refractivity contribution in [1.29, 1.82) is 0 Å². The van der Waals surface area contributed by atoms with Crippen molar-refractivity contribution in [1.82, 2.24) is 24.1 Å². The Hall–Kier alpha value is -4.02. The summed E-state index contributed by atoms with van der Waals surface area (Å²) in [6.07, 6.45) is 2.46. The van der Waals surface area contributed by atoms with Crippen LogP contribution in [0.1, 0.15) is 15.9 Å². The van der Waals surface area contributed by atoms with Gasteiger partial charge in [-0.1, -0.05) is 24.3 Å². The predicted octanol–water partition coefficient (Wildman–Crippen LogP) is -2.05. The topological polar surface area (TPSA) is 143 Å². The molecular weight excluding hydrogens is 368 g/mol. The molecule has 1 aromatic carbocycles. The van der Waals surface area contributed by atoms with Gasteiger partial charge >= 0.3 is 5.69 Å². The van der Waals surface area contributed by atoms with Gasteiger partial charge in [0.05, 0.1) is 18.5 Å². The first-order valence-corrected chi connectivity index (χ1v) is 8.04. The standard InChI is InChI=1S/C17H16N6O5/c1-21-14-13(15(25)22(2)17(21)28)23(9-18-14)8-12(24)20-19-7-10-5-3-4-6-11(10)16(26)27/h3-7,9H,8H2,1-2H3,(H,20,24)(H,26,27)/p-1/b19-7-. The van der Waals surface area contributed by atoms with Gasteiger partial charge < -0.3 is 14.5 Å². The molecule has 0 aliphatic rings. The number of aryl methyl sites for hydroxylation is 1. The summed E-state index contributed by atoms with van der Waals surface area (Å²) in [5, 5.41) is 14.8. The van der Waals surface area contributed by atoms with Crippen LogP contribution < -0.4 is 21.8 Å². The van der Waals surface area contributed by atoms with Gasteiger partial charge in [-0.2, -0.15) is 5.10 Å². The molecular formula is C17H15N6O5-. The second kappa shape index (κ2) is 7.31. The summed E-state index contributed by atoms with van der Waals surface area (Å²) in [6.45, 7) is -0.274. The van der Waals surface area contributed by atoms with Crippen molar-refractivity contribution in [2.24, 2.45) is 19.2 Å². The van der Waals surface area contributed by atoms with E-state index in [-0.39, 0.29) is 28.8 Å². The van der Waals surface area contributed by atoms with Crippen molar-refractivity contribution < 1.29 is 14.7 Å². The van der Waals surface area contributed by atoms with Crippen LogP contribution in [0, 0.1) is 0 Å². The normalized spacial score (nSPS) is 11.2. The number of carboxylic acid groups (broad SMARTS) is 1. The van der Waals surface area contributed by atoms with E-state index >= 15 is 0 Å². The highest BCUT2D eigenvalue weighted by molar-refractivity contribution is 5.97. The Balaban J connectivity index is 1.81. The van der Waals surface area contributed by atoms with E-state index in [9.17, 15) is 24.3 Å². The van der Waals surface area contributed by atoms with Gasteiger partial charge in [-0.3, -0.25) is 18.7 Å². The van der Waals surface area contributed by atoms with Crippen LogP contribution in [0.15, 0.2) is 45.3 Å². The zero-order valence-corrected chi connectivity index (χ0v) is 14.9. The van der Waals surface area contributed by atoms with Crippen molar-refractivity contribution in [3.63, 3.8) is 0 Å². The zero-order chi connectivity index (χ0) is 20.4. The number of hydrogen-bond donors (Lipinski definition) is 1. The van der Waals surface area contributed by atoms with E-state index in [1.165, 1.54) is 47.9 Å². The van der Waals surface area contributed by atoms with Crippen LogP contribution in [-0.2, 0) is 25.4 Å². The van der Waals surface area contributed by atoms with Crippen molar-refractivity contribution in [2.45, 2.75) is 6.54 Å². The summed E-state index contributed by atoms with van der Waals surface area (Å²) in [5.74, 6) is -1.93. The minimum Gasteiger partial charge on any atom is -0.545 e. The van der Waals surface area contributed by atoms with E-state index < -0.39 is 23.1 Å². The molecule has 0 atom stereocenters. The lowest BCUT2D eigenvalue weighted by molar-refractivity contribution is -0.255. The third-order valence-electron chi connectivity index (χ3n) is 4.10. The maximum absolute atomic E-state index is 12.3. The molecule has 0 unspecified atom stereocenters. The minimum atomic E-state index is -1.36. The molecule has 11 heteroatoms. The second-order valence-corrected chi connectivity index (χ2v) is 5.92. The fourth-order valence-corrected chi connectivity index (χ4v) is 2.68. The van der Waals surface area contributed by atoms with Crippen molar-refractivity contribution in [3.05, 3.63) is 62.6 Å². The number of carbonyl (C=O) groups is 2. The number of carbonyl (C=O) groups excluding carboxylic acids is 2. The first kappa shape index (κ1) is 18.8. The molecule has 0 aliphatic heterocycles. The van der Waals surface area contributed by atoms with Crippen LogP contribution in [0.25, 0.3) is 11.2 Å². The summed E-state index contributed by atoms with van der Waals surface area (Å²) in [5.41, 5.74) is 1.61. The molecule has 144 valence electrons. The predicted molar refractivity (Wildman–Crippen MR) is 96.7 cm³/mol. The summed E-state index contributed by atoms with van der Waals surface area (Å²) in [7, 11) is 2.81. The summed E-state index contributed by atoms with van der Waals surface area (Å²) >= 11 is 0. The fourth-order valence-electron chi connectivity index (χ4n) is 2.68. The molecule has 0 spiro atoms. The number of amides is 1. The van der Waals surface area contributed by atoms with Gasteiger partial charge in [0.25, 0.3) is 11.5 Å². The number of fused-ring (bicyclic) bond motifs is 1. The molecule has 28 heavy (non-hydrogen) atoms. The monoisotopic (exact) mass is 383 g/mol. The Morgan fingerprint density at radius 3 is 2.64 bits per heavy atom. The number of nitrogens with one attached hydrogen (secondary N) is 1. The average molecular weight is 383 g/mol. The smallest absolute Gasteiger partial charge is 0.332 e. The highest BCUT2D eigenvalue weighted by Gasteiger charge is 2.15. The molecule has 3 rings (SSSR count). The van der Waals surface area contributed by atoms with Crippen LogP contribution >= 0.6 is 0 Å². The number of carboxylic acids is 1. The number of hydrazone groups is 1. The average Bonchev–Trinajstić information content (AvgIpc) is 3.08. The van der Waals surface area contributed by atoms with Crippen LogP contribution in [0.4, 0.5) is 0 Å². The Labute approximate surface area is 157 Å². The van der Waals surface area contributed by atoms with E-state index in [2.05, 4.69) is 15.5 Å². The Bertz CT molecular complexity index is 1230. The Morgan fingerprint density at radius 2 is 1.93 bits per heavy atom. The summed E-state index contributed by atoms with van der Waals surface area (Å²) < 4.78 is 3.44. The Kier molecular flexibility index (Phi) is 4.90. The number of imidazole rings is 1. The molecule has 1 amide bonds. The maximum atomic E-state index is 12.3. The van der Waals surface area contributed by atoms with Crippen LogP contribution in [0.5, 0.6) is 0 Å². The van der Waals surface area contributed by atoms with Crippen LogP contribution in [-0.4, -0.2) is 36.8 Å². The van der Waals surface area contributed by atoms with Gasteiger partial charge in [0.1, 0.15) is 6.54 Å². The molecule has 0 bridgehead atoms. The number of benzene rings is 1. The lowest BCUT2D eigenvalue weighted by atomic mass is 10.1. The largest absolute Gasteiger partial charge is 0.545 e. The highest BCUT2D eigenvalue weighted by atomic mass is 16.4. The first-order chi connectivity index (χ1) is 13.3. The molecule has 2 heterocycles. The first-order valence-electron chi connectivity index (χ1n) is 8.04. The zero-order valence-electron chi connectivity index (χ0n) is 14.9. The molecule has 0 aliphatic carbocycles. The number of aromatic nitrogens is 4. The van der Waals surface area contributed by atoms with Gasteiger partial charge in [0.2, 0.25) is 0 Å². The molecule has 0 fully saturated rings. The van der Waals surface area contributed by atoms with E-state index in [1.54, 1.807) is 12.1 Å². The van der Waals surface area contributed by atoms with Crippen LogP contribution in [0.3, 0.4) is 0 Å². The maximum Gasteiger partial charge on any atom is 0.332 e. The lowest BCUT2D eigenvalue weighted by Crippen LogP contribution is -2.38. The number of hydrogen-bond acceptors (Lipinski definition) is 7. The molecule has 0 saturated carbocycles. The second-order valence-electron chi connectivity index (χ2n) is 5.92. The number of rotatable bonds is 5. The van der Waals surface area contributed by atoms with Crippen molar-refractivity contribution in [2.75, 3.05) is 0 Å². The number of aromatic carboxylic acids is 1. The summed E-state index contributed by atoms with van der Waals surface area (Å²) in [6, 6.07) is 6.02. The van der Waals surface area contributed by atoms with Gasteiger partial charge in [-0.05, 0) is 0 Å². The molecule has 0 saturated heterocycles. The van der Waals surface area contributed by atoms with Crippen LogP contribution in [0.2, 0.25) is 0 Å². The van der Waals surface area contributed by atoms with E-state index in [0.29, 0.717) is 0 Å². The van der Waals surface area contributed by atoms with Crippen molar-refractivity contribution >= 4 is 29.3 Å². The van der Waals surface area contributed by atoms with Gasteiger partial charge in [-0.25, -0.2) is 15.2 Å². The van der Waals surface area contributed by atoms with Gasteiger partial charge in [0.15, 0.2) is 11.2 Å². The molecule has 3 aromatic rings. The lowest BCUT2D eigenvalue weighted by Gasteiger charge is -2.07. The SMILES string of the molecule is Cn1c(=O)c2c(ncn2CC(=O)N/N=C\c2ccccc2C(=O)[O-])n(C)c1=O. The van der Waals surface area contributed by atoms with E-state index in [1.807, 2.05) is 0 Å². The highest BCUT2D eigenvalue weighted by Crippen LogP contribution is 2.06. The molecule has 2 aromatic heterocycles. The molecule has 0 radical (unpaired) electrons. The molecule has 1 N–H and O–H groups in total. The van der Waals surface area contributed by atoms with Gasteiger partial charge in [0, 0.05) is 25.2 Å². The van der Waals surface area contributed by atoms with E-state index in [0.717, 1.165) is 4.57 Å². The Morgan fingerprint density at radius 1 is 1.21 bits per heavy atom. The minimum absolute atomic E-state index is 0.0643. The summed E-state index contributed by atoms with van der Waals surface area (Å²) in [4.78, 5) is 51.4. The molecule has 11 nitrogen and oxygen atoms in total. The third-order valence-corrected chi connectivity index (χ3v) is 4.10. The third kappa shape index (κ3) is 3.32. The fraction of sp³-hybridized carbons (Fsp3) is 0.176. The van der Waals surface area contributed by atoms with E-state index in [4.69, 9.17) is 0 Å². The number of nitrogens with zero attached hydrogens (tertiary/aromatic N) is 5.